The van der Waals surface area contributed by atoms with Crippen LogP contribution in [0, 0.1) is 0 Å². The van der Waals surface area contributed by atoms with Crippen molar-refractivity contribution in [2.24, 2.45) is 5.84 Å². The molecule has 0 aromatic heterocycles. The molecule has 1 aromatic rings. The lowest BCUT2D eigenvalue weighted by Crippen LogP contribution is -2.29. The van der Waals surface area contributed by atoms with E-state index in [0.717, 1.165) is 10.0 Å². The van der Waals surface area contributed by atoms with E-state index in [-0.39, 0.29) is 5.91 Å². The summed E-state index contributed by atoms with van der Waals surface area (Å²) >= 11 is 3.37. The molecule has 0 aliphatic heterocycles. The highest BCUT2D eigenvalue weighted by atomic mass is 79.9. The number of ether oxygens (including phenoxy) is 1. The van der Waals surface area contributed by atoms with Gasteiger partial charge in [0.1, 0.15) is 0 Å². The van der Waals surface area contributed by atoms with Gasteiger partial charge in [-0.15, -0.1) is 0 Å². The van der Waals surface area contributed by atoms with Gasteiger partial charge in [-0.2, -0.15) is 0 Å². The summed E-state index contributed by atoms with van der Waals surface area (Å²) in [4.78, 5) is 11.2. The minimum atomic E-state index is -0.307. The van der Waals surface area contributed by atoms with Crippen LogP contribution < -0.4 is 11.3 Å². The van der Waals surface area contributed by atoms with Gasteiger partial charge in [-0.1, -0.05) is 22.0 Å². The molecule has 15 heavy (non-hydrogen) atoms. The van der Waals surface area contributed by atoms with Crippen molar-refractivity contribution >= 4 is 21.8 Å². The fourth-order valence-corrected chi connectivity index (χ4v) is 1.59. The molecule has 0 aliphatic rings. The van der Waals surface area contributed by atoms with Crippen LogP contribution in [0.2, 0.25) is 0 Å². The second kappa shape index (κ2) is 5.85. The van der Waals surface area contributed by atoms with Gasteiger partial charge in [0.15, 0.2) is 0 Å². The van der Waals surface area contributed by atoms with Gasteiger partial charge in [-0.25, -0.2) is 5.84 Å². The van der Waals surface area contributed by atoms with Crippen LogP contribution in [0.1, 0.15) is 22.8 Å². The van der Waals surface area contributed by atoms with E-state index >= 15 is 0 Å². The summed E-state index contributed by atoms with van der Waals surface area (Å²) < 4.78 is 6.12. The molecule has 0 aliphatic carbocycles. The zero-order chi connectivity index (χ0) is 11.3. The molecule has 82 valence electrons. The monoisotopic (exact) mass is 272 g/mol. The first-order valence-corrected chi connectivity index (χ1v) is 5.35. The Morgan fingerprint density at radius 2 is 2.33 bits per heavy atom. The Balaban J connectivity index is 2.83. The van der Waals surface area contributed by atoms with E-state index < -0.39 is 0 Å². The highest BCUT2D eigenvalue weighted by Gasteiger charge is 2.06. The van der Waals surface area contributed by atoms with E-state index in [2.05, 4.69) is 21.4 Å². The summed E-state index contributed by atoms with van der Waals surface area (Å²) in [5, 5.41) is 0. The molecule has 0 spiro atoms. The van der Waals surface area contributed by atoms with E-state index in [9.17, 15) is 4.79 Å². The quantitative estimate of drug-likeness (QED) is 0.497. The first-order valence-electron chi connectivity index (χ1n) is 4.56. The van der Waals surface area contributed by atoms with Crippen LogP contribution in [0.15, 0.2) is 22.7 Å². The maximum absolute atomic E-state index is 11.2. The number of benzene rings is 1. The average Bonchev–Trinajstić information content (AvgIpc) is 2.26. The number of halogens is 1. The van der Waals surface area contributed by atoms with Crippen molar-refractivity contribution in [1.29, 1.82) is 0 Å². The fraction of sp³-hybridized carbons (Fsp3) is 0.300. The summed E-state index contributed by atoms with van der Waals surface area (Å²) in [7, 11) is 0. The van der Waals surface area contributed by atoms with Crippen LogP contribution in [-0.2, 0) is 11.3 Å². The Kier molecular flexibility index (Phi) is 4.74. The largest absolute Gasteiger partial charge is 0.377 e. The molecule has 1 amide bonds. The third kappa shape index (κ3) is 3.30. The highest BCUT2D eigenvalue weighted by molar-refractivity contribution is 9.10. The van der Waals surface area contributed by atoms with Crippen molar-refractivity contribution in [3.05, 3.63) is 33.8 Å². The first-order chi connectivity index (χ1) is 7.19. The Morgan fingerprint density at radius 3 is 2.87 bits per heavy atom. The lowest BCUT2D eigenvalue weighted by Gasteiger charge is -2.06. The second-order valence-electron chi connectivity index (χ2n) is 2.92. The number of carbonyl (C=O) groups is 1. The molecular formula is C10H13BrN2O2. The SMILES string of the molecule is CCOCc1ccc(C(=O)NN)cc1Br. The lowest BCUT2D eigenvalue weighted by atomic mass is 10.1. The molecule has 0 saturated heterocycles. The van der Waals surface area contributed by atoms with E-state index in [1.54, 1.807) is 12.1 Å². The van der Waals surface area contributed by atoms with Crippen molar-refractivity contribution in [1.82, 2.24) is 5.43 Å². The molecule has 3 N–H and O–H groups in total. The number of hydrogen-bond donors (Lipinski definition) is 2. The third-order valence-electron chi connectivity index (χ3n) is 1.91. The number of nitrogen functional groups attached to an aromatic ring is 1. The normalized spacial score (nSPS) is 10.1. The Labute approximate surface area is 96.9 Å². The summed E-state index contributed by atoms with van der Waals surface area (Å²) in [5.41, 5.74) is 3.60. The number of nitrogens with one attached hydrogen (secondary N) is 1. The van der Waals surface area contributed by atoms with Crippen molar-refractivity contribution in [2.45, 2.75) is 13.5 Å². The number of hydrogen-bond acceptors (Lipinski definition) is 3. The Morgan fingerprint density at radius 1 is 1.60 bits per heavy atom. The maximum Gasteiger partial charge on any atom is 0.265 e. The molecule has 0 radical (unpaired) electrons. The van der Waals surface area contributed by atoms with Gasteiger partial charge in [-0.3, -0.25) is 10.2 Å². The number of rotatable bonds is 4. The number of hydrazine groups is 1. The Bertz CT molecular complexity index is 355. The molecule has 0 heterocycles. The smallest absolute Gasteiger partial charge is 0.265 e. The molecule has 0 atom stereocenters. The maximum atomic E-state index is 11.2. The minimum Gasteiger partial charge on any atom is -0.377 e. The van der Waals surface area contributed by atoms with Gasteiger partial charge in [-0.05, 0) is 24.6 Å². The van der Waals surface area contributed by atoms with Gasteiger partial charge in [0, 0.05) is 16.6 Å². The van der Waals surface area contributed by atoms with E-state index in [1.165, 1.54) is 0 Å². The molecule has 4 nitrogen and oxygen atoms in total. The predicted molar refractivity (Wildman–Crippen MR) is 61.1 cm³/mol. The number of amides is 1. The van der Waals surface area contributed by atoms with Crippen molar-refractivity contribution in [3.63, 3.8) is 0 Å². The van der Waals surface area contributed by atoms with Crippen molar-refractivity contribution in [2.75, 3.05) is 6.61 Å². The molecule has 0 bridgehead atoms. The standard InChI is InChI=1S/C10H13BrN2O2/c1-2-15-6-8-4-3-7(5-9(8)11)10(14)13-12/h3-5H,2,6,12H2,1H3,(H,13,14). The van der Waals surface area contributed by atoms with Gasteiger partial charge < -0.3 is 4.74 Å². The van der Waals surface area contributed by atoms with Gasteiger partial charge in [0.25, 0.3) is 5.91 Å². The lowest BCUT2D eigenvalue weighted by molar-refractivity contribution is 0.0953. The minimum absolute atomic E-state index is 0.307. The average molecular weight is 273 g/mol. The van der Waals surface area contributed by atoms with E-state index in [1.807, 2.05) is 13.0 Å². The van der Waals surface area contributed by atoms with Crippen LogP contribution >= 0.6 is 15.9 Å². The predicted octanol–water partition coefficient (Wildman–Crippen LogP) is 1.59. The molecule has 0 unspecified atom stereocenters. The molecule has 5 heteroatoms. The van der Waals surface area contributed by atoms with Crippen molar-refractivity contribution in [3.8, 4) is 0 Å². The van der Waals surface area contributed by atoms with Gasteiger partial charge in [0.05, 0.1) is 6.61 Å². The molecule has 1 rings (SSSR count). The highest BCUT2D eigenvalue weighted by Crippen LogP contribution is 2.19. The first kappa shape index (κ1) is 12.2. The van der Waals surface area contributed by atoms with Crippen LogP contribution in [0.5, 0.6) is 0 Å². The Hall–Kier alpha value is -0.910. The topological polar surface area (TPSA) is 64.3 Å². The van der Waals surface area contributed by atoms with Crippen LogP contribution in [0.25, 0.3) is 0 Å². The molecular weight excluding hydrogens is 260 g/mol. The number of carbonyl (C=O) groups excluding carboxylic acids is 1. The molecule has 0 saturated carbocycles. The summed E-state index contributed by atoms with van der Waals surface area (Å²) in [6.07, 6.45) is 0. The number of nitrogens with two attached hydrogens (primary N) is 1. The zero-order valence-corrected chi connectivity index (χ0v) is 10.0. The van der Waals surface area contributed by atoms with E-state index in [0.29, 0.717) is 18.8 Å². The second-order valence-corrected chi connectivity index (χ2v) is 3.77. The fourth-order valence-electron chi connectivity index (χ4n) is 1.10. The summed E-state index contributed by atoms with van der Waals surface area (Å²) in [6.45, 7) is 3.13. The molecule has 0 fully saturated rings. The van der Waals surface area contributed by atoms with E-state index in [4.69, 9.17) is 10.6 Å². The van der Waals surface area contributed by atoms with Gasteiger partial charge >= 0.3 is 0 Å². The summed E-state index contributed by atoms with van der Waals surface area (Å²) in [5.74, 6) is 4.73. The third-order valence-corrected chi connectivity index (χ3v) is 2.65. The summed E-state index contributed by atoms with van der Waals surface area (Å²) in [6, 6.07) is 5.27. The van der Waals surface area contributed by atoms with Gasteiger partial charge in [0.2, 0.25) is 0 Å². The zero-order valence-electron chi connectivity index (χ0n) is 8.42. The van der Waals surface area contributed by atoms with Crippen LogP contribution in [0.3, 0.4) is 0 Å². The van der Waals surface area contributed by atoms with Crippen LogP contribution in [-0.4, -0.2) is 12.5 Å². The van der Waals surface area contributed by atoms with Crippen LogP contribution in [0.4, 0.5) is 0 Å². The molecule has 1 aromatic carbocycles. The van der Waals surface area contributed by atoms with Crippen molar-refractivity contribution < 1.29 is 9.53 Å².